The summed E-state index contributed by atoms with van der Waals surface area (Å²) < 4.78 is 36.5. The summed E-state index contributed by atoms with van der Waals surface area (Å²) >= 11 is 0. The molecule has 2 N–H and O–H groups in total. The minimum Gasteiger partial charge on any atom is -0.397 e. The van der Waals surface area contributed by atoms with Crippen molar-refractivity contribution in [3.63, 3.8) is 0 Å². The molecule has 0 aliphatic heterocycles. The van der Waals surface area contributed by atoms with Gasteiger partial charge in [-0.15, -0.1) is 0 Å². The fourth-order valence-electron chi connectivity index (χ4n) is 1.29. The monoisotopic (exact) mass is 233 g/mol. The Bertz CT molecular complexity index is 321. The zero-order valence-electron chi connectivity index (χ0n) is 8.96. The van der Waals surface area contributed by atoms with E-state index in [0.717, 1.165) is 0 Å². The molecule has 0 amide bonds. The van der Waals surface area contributed by atoms with E-state index in [1.807, 2.05) is 0 Å². The first-order valence-electron chi connectivity index (χ1n) is 4.90. The molecule has 1 rings (SSSR count). The molecule has 0 aromatic carbocycles. The summed E-state index contributed by atoms with van der Waals surface area (Å²) in [5, 5.41) is 0. The van der Waals surface area contributed by atoms with E-state index < -0.39 is 12.7 Å². The number of aromatic nitrogens is 1. The third-order valence-electron chi connectivity index (χ3n) is 2.08. The van der Waals surface area contributed by atoms with Gasteiger partial charge in [-0.1, -0.05) is 6.92 Å². The van der Waals surface area contributed by atoms with Gasteiger partial charge in [0.15, 0.2) is 0 Å². The van der Waals surface area contributed by atoms with Gasteiger partial charge < -0.3 is 5.73 Å². The van der Waals surface area contributed by atoms with Crippen LogP contribution in [0.15, 0.2) is 18.3 Å². The Labute approximate surface area is 92.1 Å². The van der Waals surface area contributed by atoms with Crippen LogP contribution in [0, 0.1) is 0 Å². The lowest BCUT2D eigenvalue weighted by Gasteiger charge is -2.21. The fourth-order valence-corrected chi connectivity index (χ4v) is 1.29. The molecule has 0 spiro atoms. The maximum absolute atomic E-state index is 12.2. The maximum atomic E-state index is 12.2. The van der Waals surface area contributed by atoms with Crippen molar-refractivity contribution in [2.75, 3.05) is 18.8 Å². The first-order chi connectivity index (χ1) is 7.40. The average Bonchev–Trinajstić information content (AvgIpc) is 2.18. The molecule has 3 nitrogen and oxygen atoms in total. The van der Waals surface area contributed by atoms with Crippen LogP contribution in [0.1, 0.15) is 12.6 Å². The number of hydrogen-bond acceptors (Lipinski definition) is 3. The van der Waals surface area contributed by atoms with E-state index in [9.17, 15) is 13.2 Å². The van der Waals surface area contributed by atoms with Gasteiger partial charge >= 0.3 is 6.18 Å². The average molecular weight is 233 g/mol. The van der Waals surface area contributed by atoms with E-state index in [4.69, 9.17) is 5.73 Å². The molecule has 0 unspecified atom stereocenters. The SMILES string of the molecule is CCN(Cc1ccc(N)cn1)CC(F)(F)F. The van der Waals surface area contributed by atoms with Crippen LogP contribution in [-0.4, -0.2) is 29.1 Å². The fraction of sp³-hybridized carbons (Fsp3) is 0.500. The highest BCUT2D eigenvalue weighted by atomic mass is 19.4. The molecule has 0 bridgehead atoms. The third kappa shape index (κ3) is 4.48. The van der Waals surface area contributed by atoms with Gasteiger partial charge in [0.25, 0.3) is 0 Å². The highest BCUT2D eigenvalue weighted by Crippen LogP contribution is 2.17. The highest BCUT2D eigenvalue weighted by molar-refractivity contribution is 5.34. The molecular formula is C10H14F3N3. The summed E-state index contributed by atoms with van der Waals surface area (Å²) in [6, 6.07) is 3.26. The van der Waals surface area contributed by atoms with E-state index in [-0.39, 0.29) is 6.54 Å². The van der Waals surface area contributed by atoms with Crippen molar-refractivity contribution < 1.29 is 13.2 Å². The Hall–Kier alpha value is -1.30. The Morgan fingerprint density at radius 3 is 2.50 bits per heavy atom. The summed E-state index contributed by atoms with van der Waals surface area (Å²) in [6.07, 6.45) is -2.74. The molecule has 1 aromatic rings. The number of alkyl halides is 3. The Balaban J connectivity index is 2.60. The summed E-state index contributed by atoms with van der Waals surface area (Å²) in [4.78, 5) is 5.24. The lowest BCUT2D eigenvalue weighted by Crippen LogP contribution is -2.33. The second kappa shape index (κ2) is 5.16. The molecule has 0 fully saturated rings. The third-order valence-corrected chi connectivity index (χ3v) is 2.08. The van der Waals surface area contributed by atoms with Gasteiger partial charge in [0.2, 0.25) is 0 Å². The van der Waals surface area contributed by atoms with Crippen LogP contribution in [0.25, 0.3) is 0 Å². The lowest BCUT2D eigenvalue weighted by atomic mass is 10.3. The van der Waals surface area contributed by atoms with Crippen molar-refractivity contribution in [1.29, 1.82) is 0 Å². The van der Waals surface area contributed by atoms with Crippen LogP contribution in [0.2, 0.25) is 0 Å². The number of anilines is 1. The van der Waals surface area contributed by atoms with Crippen LogP contribution in [0.3, 0.4) is 0 Å². The highest BCUT2D eigenvalue weighted by Gasteiger charge is 2.30. The Kier molecular flexibility index (Phi) is 4.12. The number of rotatable bonds is 4. The Morgan fingerprint density at radius 2 is 2.06 bits per heavy atom. The second-order valence-electron chi connectivity index (χ2n) is 3.50. The topological polar surface area (TPSA) is 42.1 Å². The van der Waals surface area contributed by atoms with Crippen LogP contribution in [0.5, 0.6) is 0 Å². The van der Waals surface area contributed by atoms with E-state index in [1.54, 1.807) is 19.1 Å². The van der Waals surface area contributed by atoms with Crippen molar-refractivity contribution >= 4 is 5.69 Å². The molecule has 90 valence electrons. The summed E-state index contributed by atoms with van der Waals surface area (Å²) in [5.74, 6) is 0. The molecular weight excluding hydrogens is 219 g/mol. The van der Waals surface area contributed by atoms with Crippen molar-refractivity contribution in [2.24, 2.45) is 0 Å². The molecule has 6 heteroatoms. The number of halogens is 3. The van der Waals surface area contributed by atoms with Crippen LogP contribution < -0.4 is 5.73 Å². The van der Waals surface area contributed by atoms with Crippen LogP contribution >= 0.6 is 0 Å². The minimum atomic E-state index is -4.18. The molecule has 1 aromatic heterocycles. The molecule has 0 radical (unpaired) electrons. The largest absolute Gasteiger partial charge is 0.401 e. The van der Waals surface area contributed by atoms with Gasteiger partial charge in [-0.05, 0) is 18.7 Å². The molecule has 16 heavy (non-hydrogen) atoms. The van der Waals surface area contributed by atoms with E-state index in [0.29, 0.717) is 17.9 Å². The zero-order valence-corrected chi connectivity index (χ0v) is 8.96. The predicted octanol–water partition coefficient (Wildman–Crippen LogP) is 2.05. The van der Waals surface area contributed by atoms with Crippen molar-refractivity contribution in [2.45, 2.75) is 19.6 Å². The quantitative estimate of drug-likeness (QED) is 0.865. The first-order valence-corrected chi connectivity index (χ1v) is 4.90. The van der Waals surface area contributed by atoms with E-state index >= 15 is 0 Å². The van der Waals surface area contributed by atoms with Crippen LogP contribution in [0.4, 0.5) is 18.9 Å². The van der Waals surface area contributed by atoms with Gasteiger partial charge in [0.05, 0.1) is 24.1 Å². The first kappa shape index (κ1) is 12.8. The number of nitrogens with zero attached hydrogens (tertiary/aromatic N) is 2. The number of pyridine rings is 1. The van der Waals surface area contributed by atoms with Gasteiger partial charge in [0.1, 0.15) is 0 Å². The predicted molar refractivity (Wildman–Crippen MR) is 55.7 cm³/mol. The number of hydrogen-bond donors (Lipinski definition) is 1. The summed E-state index contributed by atoms with van der Waals surface area (Å²) in [7, 11) is 0. The van der Waals surface area contributed by atoms with E-state index in [2.05, 4.69) is 4.98 Å². The normalized spacial score (nSPS) is 12.1. The van der Waals surface area contributed by atoms with Crippen LogP contribution in [-0.2, 0) is 6.54 Å². The Morgan fingerprint density at radius 1 is 1.38 bits per heavy atom. The van der Waals surface area contributed by atoms with Gasteiger partial charge in [-0.2, -0.15) is 13.2 Å². The summed E-state index contributed by atoms with van der Waals surface area (Å²) in [5.41, 5.74) is 6.52. The second-order valence-corrected chi connectivity index (χ2v) is 3.50. The molecule has 0 saturated carbocycles. The van der Waals surface area contributed by atoms with E-state index in [1.165, 1.54) is 11.1 Å². The zero-order chi connectivity index (χ0) is 12.2. The van der Waals surface area contributed by atoms with Crippen molar-refractivity contribution in [3.05, 3.63) is 24.0 Å². The molecule has 0 aliphatic carbocycles. The standard InChI is InChI=1S/C10H14F3N3/c1-2-16(7-10(11,12)13)6-9-4-3-8(14)5-15-9/h3-5H,2,6-7,14H2,1H3. The molecule has 1 heterocycles. The van der Waals surface area contributed by atoms with Gasteiger partial charge in [-0.3, -0.25) is 9.88 Å². The summed E-state index contributed by atoms with van der Waals surface area (Å²) in [6.45, 7) is 1.26. The molecule has 0 aliphatic rings. The lowest BCUT2D eigenvalue weighted by molar-refractivity contribution is -0.146. The van der Waals surface area contributed by atoms with Gasteiger partial charge in [-0.25, -0.2) is 0 Å². The van der Waals surface area contributed by atoms with Gasteiger partial charge in [0, 0.05) is 6.54 Å². The number of nitrogens with two attached hydrogens (primary N) is 1. The number of nitrogen functional groups attached to an aromatic ring is 1. The minimum absolute atomic E-state index is 0.177. The maximum Gasteiger partial charge on any atom is 0.401 e. The van der Waals surface area contributed by atoms with Crippen molar-refractivity contribution in [1.82, 2.24) is 9.88 Å². The molecule has 0 saturated heterocycles. The smallest absolute Gasteiger partial charge is 0.397 e. The molecule has 0 atom stereocenters. The van der Waals surface area contributed by atoms with Crippen molar-refractivity contribution in [3.8, 4) is 0 Å².